The molecule has 0 bridgehead atoms. The monoisotopic (exact) mass is 398 g/mol. The molecule has 5 heteroatoms. The summed E-state index contributed by atoms with van der Waals surface area (Å²) in [6, 6.07) is 11.5. The highest BCUT2D eigenvalue weighted by Crippen LogP contribution is 2.37. The molecule has 1 fully saturated rings. The number of rotatable bonds is 5. The Hall–Kier alpha value is -2.27. The second-order valence-corrected chi connectivity index (χ2v) is 9.11. The zero-order valence-electron chi connectivity index (χ0n) is 18.2. The molecule has 0 saturated heterocycles. The highest BCUT2D eigenvalue weighted by atomic mass is 16.3. The summed E-state index contributed by atoms with van der Waals surface area (Å²) in [5.74, 6) is 6.79. The van der Waals surface area contributed by atoms with E-state index in [1.54, 1.807) is 12.1 Å². The number of hydrazone groups is 1. The van der Waals surface area contributed by atoms with Crippen LogP contribution in [0, 0.1) is 11.3 Å². The molecule has 0 aliphatic heterocycles. The fourth-order valence-electron chi connectivity index (χ4n) is 3.87. The number of benzene rings is 2. The predicted octanol–water partition coefficient (Wildman–Crippen LogP) is 4.87. The standard InChI is InChI=1S/C14H18N4O.C10H20/c15-14(18-16)5-6-17-9-10-1-2-12-8-13(19)4-3-11(12)7-10;1-10(2,3)9-7-5-4-6-8-9/h1-4,7-8,17,19H,5-6,9,16H2,(H2,15,18);9H,4-8H2,1-3H3. The Morgan fingerprint density at radius 2 is 1.72 bits per heavy atom. The van der Waals surface area contributed by atoms with Gasteiger partial charge in [0.25, 0.3) is 0 Å². The van der Waals surface area contributed by atoms with Crippen LogP contribution in [0.15, 0.2) is 41.5 Å². The first-order valence-corrected chi connectivity index (χ1v) is 10.7. The Labute approximate surface area is 175 Å². The average molecular weight is 399 g/mol. The molecule has 2 aromatic rings. The third-order valence-corrected chi connectivity index (χ3v) is 5.77. The molecule has 0 spiro atoms. The summed E-state index contributed by atoms with van der Waals surface area (Å²) in [7, 11) is 0. The van der Waals surface area contributed by atoms with Crippen molar-refractivity contribution in [1.82, 2.24) is 5.32 Å². The van der Waals surface area contributed by atoms with Crippen molar-refractivity contribution in [3.8, 4) is 5.75 Å². The van der Waals surface area contributed by atoms with Gasteiger partial charge in [0.2, 0.25) is 0 Å². The Bertz CT molecular complexity index is 789. The molecule has 160 valence electrons. The molecule has 0 unspecified atom stereocenters. The number of phenols is 1. The summed E-state index contributed by atoms with van der Waals surface area (Å²) in [6.45, 7) is 8.63. The summed E-state index contributed by atoms with van der Waals surface area (Å²) < 4.78 is 0. The lowest BCUT2D eigenvalue weighted by Gasteiger charge is -2.33. The summed E-state index contributed by atoms with van der Waals surface area (Å²) >= 11 is 0. The van der Waals surface area contributed by atoms with Crippen LogP contribution in [0.3, 0.4) is 0 Å². The lowest BCUT2D eigenvalue weighted by Crippen LogP contribution is -2.22. The molecular weight excluding hydrogens is 360 g/mol. The Balaban J connectivity index is 0.000000253. The Morgan fingerprint density at radius 1 is 1.07 bits per heavy atom. The fourth-order valence-corrected chi connectivity index (χ4v) is 3.87. The summed E-state index contributed by atoms with van der Waals surface area (Å²) in [6.07, 6.45) is 8.02. The number of hydrogen-bond donors (Lipinski definition) is 4. The number of fused-ring (bicyclic) bond motifs is 1. The molecule has 2 aromatic carbocycles. The topological polar surface area (TPSA) is 96.7 Å². The minimum atomic E-state index is 0.287. The quantitative estimate of drug-likeness (QED) is 0.190. The van der Waals surface area contributed by atoms with E-state index in [1.165, 1.54) is 37.7 Å². The van der Waals surface area contributed by atoms with Crippen LogP contribution in [-0.4, -0.2) is 17.5 Å². The van der Waals surface area contributed by atoms with E-state index in [4.69, 9.17) is 11.6 Å². The molecular formula is C24H38N4O. The van der Waals surface area contributed by atoms with Gasteiger partial charge in [-0.25, -0.2) is 0 Å². The number of aromatic hydroxyl groups is 1. The molecule has 0 aromatic heterocycles. The maximum Gasteiger partial charge on any atom is 0.120 e. The Kier molecular flexibility index (Phi) is 8.77. The van der Waals surface area contributed by atoms with E-state index in [0.29, 0.717) is 17.7 Å². The van der Waals surface area contributed by atoms with E-state index in [-0.39, 0.29) is 5.75 Å². The fraction of sp³-hybridized carbons (Fsp3) is 0.542. The maximum atomic E-state index is 9.40. The third kappa shape index (κ3) is 7.94. The molecule has 5 nitrogen and oxygen atoms in total. The number of hydrogen-bond acceptors (Lipinski definition) is 4. The largest absolute Gasteiger partial charge is 0.508 e. The van der Waals surface area contributed by atoms with Crippen molar-refractivity contribution >= 4 is 16.6 Å². The van der Waals surface area contributed by atoms with Gasteiger partial charge in [0.15, 0.2) is 0 Å². The molecule has 29 heavy (non-hydrogen) atoms. The first kappa shape index (κ1) is 23.0. The molecule has 0 radical (unpaired) electrons. The van der Waals surface area contributed by atoms with Gasteiger partial charge in [-0.15, -0.1) is 0 Å². The van der Waals surface area contributed by atoms with E-state index in [0.717, 1.165) is 29.8 Å². The van der Waals surface area contributed by atoms with Crippen LogP contribution in [0.25, 0.3) is 10.8 Å². The smallest absolute Gasteiger partial charge is 0.120 e. The van der Waals surface area contributed by atoms with Gasteiger partial charge in [0.1, 0.15) is 11.6 Å². The van der Waals surface area contributed by atoms with E-state index < -0.39 is 0 Å². The number of nitrogens with two attached hydrogens (primary N) is 2. The normalized spacial score (nSPS) is 15.8. The van der Waals surface area contributed by atoms with Crippen molar-refractivity contribution < 1.29 is 5.11 Å². The van der Waals surface area contributed by atoms with Crippen LogP contribution >= 0.6 is 0 Å². The third-order valence-electron chi connectivity index (χ3n) is 5.77. The first-order valence-electron chi connectivity index (χ1n) is 10.7. The summed E-state index contributed by atoms with van der Waals surface area (Å²) in [5.41, 5.74) is 7.25. The summed E-state index contributed by atoms with van der Waals surface area (Å²) in [4.78, 5) is 0. The minimum absolute atomic E-state index is 0.287. The highest BCUT2D eigenvalue weighted by Gasteiger charge is 2.25. The first-order chi connectivity index (χ1) is 13.8. The van der Waals surface area contributed by atoms with Crippen molar-refractivity contribution in [2.45, 2.75) is 65.8 Å². The van der Waals surface area contributed by atoms with Crippen LogP contribution in [0.2, 0.25) is 0 Å². The molecule has 0 heterocycles. The van der Waals surface area contributed by atoms with Crippen LogP contribution in [0.5, 0.6) is 5.75 Å². The van der Waals surface area contributed by atoms with Gasteiger partial charge in [-0.1, -0.05) is 58.2 Å². The van der Waals surface area contributed by atoms with E-state index in [2.05, 4.69) is 37.3 Å². The second-order valence-electron chi connectivity index (χ2n) is 9.11. The van der Waals surface area contributed by atoms with Crippen molar-refractivity contribution in [2.24, 2.45) is 28.0 Å². The average Bonchev–Trinajstić information content (AvgIpc) is 2.71. The van der Waals surface area contributed by atoms with E-state index >= 15 is 0 Å². The number of nitrogens with zero attached hydrogens (tertiary/aromatic N) is 1. The van der Waals surface area contributed by atoms with Gasteiger partial charge in [-0.05, 0) is 58.7 Å². The Morgan fingerprint density at radius 3 is 2.34 bits per heavy atom. The van der Waals surface area contributed by atoms with Gasteiger partial charge in [0.05, 0.1) is 0 Å². The van der Waals surface area contributed by atoms with Crippen molar-refractivity contribution in [3.05, 3.63) is 42.0 Å². The maximum absolute atomic E-state index is 9.40. The van der Waals surface area contributed by atoms with Crippen molar-refractivity contribution in [1.29, 1.82) is 0 Å². The number of nitrogens with one attached hydrogen (secondary N) is 1. The van der Waals surface area contributed by atoms with Gasteiger partial charge >= 0.3 is 0 Å². The number of phenolic OH excluding ortho intramolecular Hbond substituents is 1. The van der Waals surface area contributed by atoms with Crippen LogP contribution < -0.4 is 16.9 Å². The lowest BCUT2D eigenvalue weighted by atomic mass is 9.72. The number of amidine groups is 1. The zero-order valence-corrected chi connectivity index (χ0v) is 18.2. The molecule has 1 aliphatic rings. The molecule has 3 rings (SSSR count). The van der Waals surface area contributed by atoms with E-state index in [9.17, 15) is 5.11 Å². The lowest BCUT2D eigenvalue weighted by molar-refractivity contribution is 0.180. The van der Waals surface area contributed by atoms with Crippen LogP contribution in [0.4, 0.5) is 0 Å². The summed E-state index contributed by atoms with van der Waals surface area (Å²) in [5, 5.41) is 18.2. The van der Waals surface area contributed by atoms with Gasteiger partial charge in [-0.3, -0.25) is 0 Å². The highest BCUT2D eigenvalue weighted by molar-refractivity contribution is 5.84. The molecule has 1 aliphatic carbocycles. The van der Waals surface area contributed by atoms with E-state index in [1.807, 2.05) is 18.2 Å². The van der Waals surface area contributed by atoms with Crippen LogP contribution in [-0.2, 0) is 6.54 Å². The molecule has 6 N–H and O–H groups in total. The SMILES string of the molecule is CC(C)(C)C1CCCCC1.N/N=C(\N)CCNCc1ccc2cc(O)ccc2c1. The van der Waals surface area contributed by atoms with Gasteiger partial charge in [-0.2, -0.15) is 5.10 Å². The minimum Gasteiger partial charge on any atom is -0.508 e. The predicted molar refractivity (Wildman–Crippen MR) is 124 cm³/mol. The molecule has 0 atom stereocenters. The van der Waals surface area contributed by atoms with Crippen LogP contribution in [0.1, 0.15) is 64.9 Å². The van der Waals surface area contributed by atoms with Crippen molar-refractivity contribution in [2.75, 3.05) is 6.54 Å². The molecule has 0 amide bonds. The molecule has 1 saturated carbocycles. The second kappa shape index (κ2) is 11.1. The zero-order chi connectivity index (χ0) is 21.3. The van der Waals surface area contributed by atoms with Crippen molar-refractivity contribution in [3.63, 3.8) is 0 Å². The van der Waals surface area contributed by atoms with Gasteiger partial charge in [0, 0.05) is 19.5 Å². The van der Waals surface area contributed by atoms with Gasteiger partial charge < -0.3 is 22.0 Å².